The molecule has 1 fully saturated rings. The predicted molar refractivity (Wildman–Crippen MR) is 135 cm³/mol. The zero-order chi connectivity index (χ0) is 24.6. The van der Waals surface area contributed by atoms with Gasteiger partial charge in [-0.2, -0.15) is 0 Å². The summed E-state index contributed by atoms with van der Waals surface area (Å²) in [5.74, 6) is -0.264. The molecule has 2 rings (SSSR count). The van der Waals surface area contributed by atoms with E-state index in [0.717, 1.165) is 29.0 Å². The van der Waals surface area contributed by atoms with Crippen molar-refractivity contribution in [3.05, 3.63) is 65.3 Å². The van der Waals surface area contributed by atoms with Gasteiger partial charge in [0.1, 0.15) is 11.4 Å². The fourth-order valence-corrected chi connectivity index (χ4v) is 3.97. The van der Waals surface area contributed by atoms with Gasteiger partial charge in [-0.15, -0.1) is 0 Å². The number of halogens is 1. The molecule has 1 amide bonds. The molecule has 0 N–H and O–H groups in total. The van der Waals surface area contributed by atoms with Crippen molar-refractivity contribution >= 4 is 17.2 Å². The van der Waals surface area contributed by atoms with Crippen LogP contribution in [0.1, 0.15) is 53.5 Å². The second kappa shape index (κ2) is 11.9. The number of hydrogen-bond donors (Lipinski definition) is 0. The number of carbonyl (C=O) groups is 1. The van der Waals surface area contributed by atoms with Gasteiger partial charge in [0, 0.05) is 62.0 Å². The summed E-state index contributed by atoms with van der Waals surface area (Å²) in [5.41, 5.74) is 3.30. The number of nitrogens with zero attached hydrogens (tertiary/aromatic N) is 3. The molecular formula is C27H38FN3O2. The number of ether oxygens (including phenoxy) is 1. The van der Waals surface area contributed by atoms with Crippen LogP contribution in [0.5, 0.6) is 0 Å². The zero-order valence-electron chi connectivity index (χ0n) is 21.1. The highest BCUT2D eigenvalue weighted by molar-refractivity contribution is 6.12. The highest BCUT2D eigenvalue weighted by Gasteiger charge is 2.34. The summed E-state index contributed by atoms with van der Waals surface area (Å²) in [6.07, 6.45) is 6.64. The van der Waals surface area contributed by atoms with Crippen molar-refractivity contribution in [3.63, 3.8) is 0 Å². The molecule has 1 aromatic rings. The number of rotatable bonds is 8. The highest BCUT2D eigenvalue weighted by atomic mass is 19.1. The van der Waals surface area contributed by atoms with Crippen molar-refractivity contribution in [1.82, 2.24) is 9.80 Å². The van der Waals surface area contributed by atoms with Gasteiger partial charge in [-0.3, -0.25) is 9.79 Å². The molecule has 180 valence electrons. The van der Waals surface area contributed by atoms with Crippen LogP contribution in [0, 0.1) is 5.82 Å². The summed E-state index contributed by atoms with van der Waals surface area (Å²) in [6.45, 7) is 14.2. The van der Waals surface area contributed by atoms with Gasteiger partial charge in [-0.05, 0) is 52.7 Å². The molecule has 1 heterocycles. The average molecular weight is 456 g/mol. The standard InChI is InChI=1S/C27H38FN3O2/c1-8-10-15-29-20(3)25(22(9-2)23-13-11-12-14-24(23)28)21(4)30-16-18-31(19-17-30)26(32)27(5,6)33-7/h9-15H,8,16-19H2,1-7H3/b15-10+,22-9-,25-21-,29-20+. The van der Waals surface area contributed by atoms with E-state index in [9.17, 15) is 9.18 Å². The van der Waals surface area contributed by atoms with E-state index in [1.165, 1.54) is 6.07 Å². The molecule has 1 aliphatic heterocycles. The number of aliphatic imine (C=N–C) groups is 1. The van der Waals surface area contributed by atoms with E-state index < -0.39 is 5.60 Å². The number of amides is 1. The molecule has 0 aliphatic carbocycles. The first kappa shape index (κ1) is 26.5. The van der Waals surface area contributed by atoms with Crippen molar-refractivity contribution in [1.29, 1.82) is 0 Å². The normalized spacial score (nSPS) is 17.0. The van der Waals surface area contributed by atoms with Crippen LogP contribution in [0.3, 0.4) is 0 Å². The molecule has 0 aromatic heterocycles. The van der Waals surface area contributed by atoms with E-state index in [-0.39, 0.29) is 11.7 Å². The van der Waals surface area contributed by atoms with Crippen molar-refractivity contribution < 1.29 is 13.9 Å². The summed E-state index contributed by atoms with van der Waals surface area (Å²) in [4.78, 5) is 21.5. The van der Waals surface area contributed by atoms with Gasteiger partial charge in [0.15, 0.2) is 0 Å². The van der Waals surface area contributed by atoms with E-state index >= 15 is 0 Å². The average Bonchev–Trinajstić information content (AvgIpc) is 2.82. The minimum Gasteiger partial charge on any atom is -0.371 e. The Balaban J connectivity index is 2.43. The lowest BCUT2D eigenvalue weighted by atomic mass is 9.92. The first-order valence-corrected chi connectivity index (χ1v) is 11.6. The molecule has 0 spiro atoms. The smallest absolute Gasteiger partial charge is 0.254 e. The molecule has 1 saturated heterocycles. The van der Waals surface area contributed by atoms with E-state index in [1.54, 1.807) is 39.3 Å². The molecule has 0 bridgehead atoms. The molecule has 0 radical (unpaired) electrons. The maximum absolute atomic E-state index is 14.8. The second-order valence-electron chi connectivity index (χ2n) is 8.64. The van der Waals surface area contributed by atoms with Crippen LogP contribution in [-0.4, -0.2) is 60.3 Å². The lowest BCUT2D eigenvalue weighted by molar-refractivity contribution is -0.152. The summed E-state index contributed by atoms with van der Waals surface area (Å²) in [5, 5.41) is 0. The van der Waals surface area contributed by atoms with Crippen LogP contribution in [0.15, 0.2) is 58.9 Å². The van der Waals surface area contributed by atoms with Gasteiger partial charge in [-0.25, -0.2) is 4.39 Å². The van der Waals surface area contributed by atoms with Gasteiger partial charge < -0.3 is 14.5 Å². The van der Waals surface area contributed by atoms with Crippen LogP contribution in [0.2, 0.25) is 0 Å². The van der Waals surface area contributed by atoms with Crippen molar-refractivity contribution in [3.8, 4) is 0 Å². The number of piperazine rings is 1. The number of methoxy groups -OCH3 is 1. The number of hydrogen-bond acceptors (Lipinski definition) is 4. The van der Waals surface area contributed by atoms with Crippen LogP contribution in [0.4, 0.5) is 4.39 Å². The van der Waals surface area contributed by atoms with E-state index in [4.69, 9.17) is 4.74 Å². The van der Waals surface area contributed by atoms with Crippen LogP contribution < -0.4 is 0 Å². The lowest BCUT2D eigenvalue weighted by Crippen LogP contribution is -2.54. The Morgan fingerprint density at radius 1 is 1.15 bits per heavy atom. The molecule has 1 aliphatic rings. The molecule has 5 nitrogen and oxygen atoms in total. The van der Waals surface area contributed by atoms with E-state index in [2.05, 4.69) is 23.7 Å². The molecule has 0 atom stereocenters. The fourth-order valence-electron chi connectivity index (χ4n) is 3.97. The molecule has 0 saturated carbocycles. The van der Waals surface area contributed by atoms with Gasteiger partial charge >= 0.3 is 0 Å². The molecule has 0 unspecified atom stereocenters. The third-order valence-electron chi connectivity index (χ3n) is 6.12. The van der Waals surface area contributed by atoms with Gasteiger partial charge in [0.2, 0.25) is 0 Å². The highest BCUT2D eigenvalue weighted by Crippen LogP contribution is 2.31. The summed E-state index contributed by atoms with van der Waals surface area (Å²) < 4.78 is 20.1. The fraction of sp³-hybridized carbons (Fsp3) is 0.481. The third kappa shape index (κ3) is 6.41. The van der Waals surface area contributed by atoms with E-state index in [0.29, 0.717) is 31.7 Å². The van der Waals surface area contributed by atoms with Gasteiger partial charge in [0.05, 0.1) is 0 Å². The van der Waals surface area contributed by atoms with Gasteiger partial charge in [-0.1, -0.05) is 37.3 Å². The first-order chi connectivity index (χ1) is 15.7. The van der Waals surface area contributed by atoms with Crippen molar-refractivity contribution in [2.75, 3.05) is 33.3 Å². The Kier molecular flexibility index (Phi) is 9.59. The molecule has 1 aromatic carbocycles. The summed E-state index contributed by atoms with van der Waals surface area (Å²) in [6, 6.07) is 6.83. The number of benzene rings is 1. The Morgan fingerprint density at radius 2 is 1.76 bits per heavy atom. The first-order valence-electron chi connectivity index (χ1n) is 11.6. The predicted octanol–water partition coefficient (Wildman–Crippen LogP) is 5.46. The maximum Gasteiger partial charge on any atom is 0.254 e. The molecule has 6 heteroatoms. The molecular weight excluding hydrogens is 417 g/mol. The topological polar surface area (TPSA) is 45.1 Å². The van der Waals surface area contributed by atoms with Crippen molar-refractivity contribution in [2.45, 2.75) is 53.6 Å². The number of allylic oxidation sites excluding steroid dienone is 5. The summed E-state index contributed by atoms with van der Waals surface area (Å²) >= 11 is 0. The third-order valence-corrected chi connectivity index (χ3v) is 6.12. The zero-order valence-corrected chi connectivity index (χ0v) is 21.1. The Hall–Kier alpha value is -2.73. The quantitative estimate of drug-likeness (QED) is 0.386. The molecule has 33 heavy (non-hydrogen) atoms. The minimum atomic E-state index is -0.837. The number of carbonyl (C=O) groups excluding carboxylic acids is 1. The second-order valence-corrected chi connectivity index (χ2v) is 8.64. The maximum atomic E-state index is 14.8. The van der Waals surface area contributed by atoms with E-state index in [1.807, 2.05) is 37.0 Å². The summed E-state index contributed by atoms with van der Waals surface area (Å²) in [7, 11) is 1.56. The van der Waals surface area contributed by atoms with Crippen LogP contribution >= 0.6 is 0 Å². The Morgan fingerprint density at radius 3 is 2.30 bits per heavy atom. The minimum absolute atomic E-state index is 0.00514. The van der Waals surface area contributed by atoms with Crippen molar-refractivity contribution in [2.24, 2.45) is 4.99 Å². The van der Waals surface area contributed by atoms with Crippen LogP contribution in [-0.2, 0) is 9.53 Å². The van der Waals surface area contributed by atoms with Gasteiger partial charge in [0.25, 0.3) is 5.91 Å². The SMILES string of the molecule is C\C=C(C(/C(C)=N/C=C/CC)=C(/C)N1CCN(C(=O)C(C)(C)OC)CC1)\c1ccccc1F. The Bertz CT molecular complexity index is 952. The lowest BCUT2D eigenvalue weighted by Gasteiger charge is -2.40. The monoisotopic (exact) mass is 455 g/mol. The largest absolute Gasteiger partial charge is 0.371 e. The Labute approximate surface area is 198 Å². The van der Waals surface area contributed by atoms with Crippen LogP contribution in [0.25, 0.3) is 5.57 Å².